The van der Waals surface area contributed by atoms with Gasteiger partial charge in [0, 0.05) is 4.90 Å². The molecule has 0 heterocycles. The van der Waals surface area contributed by atoms with E-state index in [4.69, 9.17) is 0 Å². The fourth-order valence-electron chi connectivity index (χ4n) is 2.17. The van der Waals surface area contributed by atoms with Gasteiger partial charge in [-0.2, -0.15) is 5.26 Å². The molecular weight excluding hydrogens is 302 g/mol. The molecule has 2 nitrogen and oxygen atoms in total. The maximum absolute atomic E-state index is 12.5. The lowest BCUT2D eigenvalue weighted by atomic mass is 9.84. The van der Waals surface area contributed by atoms with Crippen LogP contribution in [0.5, 0.6) is 0 Å². The lowest BCUT2D eigenvalue weighted by Crippen LogP contribution is -2.10. The third-order valence-corrected chi connectivity index (χ3v) is 5.12. The Morgan fingerprint density at radius 3 is 2.35 bits per heavy atom. The molecule has 0 aliphatic carbocycles. The Balaban J connectivity index is 2.78. The van der Waals surface area contributed by atoms with Crippen molar-refractivity contribution in [1.29, 1.82) is 5.26 Å². The Labute approximate surface area is 143 Å². The smallest absolute Gasteiger partial charge is 0.117 e. The van der Waals surface area contributed by atoms with Crippen LogP contribution in [0.1, 0.15) is 52.5 Å². The molecule has 3 heteroatoms. The van der Waals surface area contributed by atoms with Gasteiger partial charge >= 0.3 is 0 Å². The zero-order chi connectivity index (χ0) is 17.5. The molecule has 0 aliphatic heterocycles. The molecular formula is C20H27NOS. The summed E-state index contributed by atoms with van der Waals surface area (Å²) >= 11 is 0. The van der Waals surface area contributed by atoms with E-state index in [9.17, 15) is 9.47 Å². The SMILES string of the molecule is CC(C)=CCCC(C)(C)C/C=C(\C#N)[S@@](=O)c1ccc(C)cc1. The van der Waals surface area contributed by atoms with Crippen molar-refractivity contribution in [3.05, 3.63) is 52.5 Å². The first-order valence-corrected chi connectivity index (χ1v) is 9.12. The molecule has 0 unspecified atom stereocenters. The highest BCUT2D eigenvalue weighted by atomic mass is 32.2. The molecule has 1 atom stereocenters. The van der Waals surface area contributed by atoms with Gasteiger partial charge in [0.15, 0.2) is 0 Å². The van der Waals surface area contributed by atoms with Crippen LogP contribution in [0.25, 0.3) is 0 Å². The van der Waals surface area contributed by atoms with Crippen LogP contribution < -0.4 is 0 Å². The van der Waals surface area contributed by atoms with Gasteiger partial charge in [-0.1, -0.05) is 49.3 Å². The maximum atomic E-state index is 12.5. The van der Waals surface area contributed by atoms with Crippen molar-refractivity contribution in [2.45, 2.75) is 58.8 Å². The number of rotatable bonds is 7. The van der Waals surface area contributed by atoms with Crippen molar-refractivity contribution < 1.29 is 4.21 Å². The molecule has 1 rings (SSSR count). The van der Waals surface area contributed by atoms with Crippen molar-refractivity contribution in [1.82, 2.24) is 0 Å². The molecule has 23 heavy (non-hydrogen) atoms. The Morgan fingerprint density at radius 1 is 1.22 bits per heavy atom. The largest absolute Gasteiger partial charge is 0.248 e. The van der Waals surface area contributed by atoms with E-state index in [-0.39, 0.29) is 5.41 Å². The van der Waals surface area contributed by atoms with E-state index < -0.39 is 10.8 Å². The summed E-state index contributed by atoms with van der Waals surface area (Å²) in [5.41, 5.74) is 2.54. The third kappa shape index (κ3) is 6.97. The molecule has 0 spiro atoms. The first kappa shape index (κ1) is 19.4. The molecule has 0 aromatic heterocycles. The van der Waals surface area contributed by atoms with Crippen molar-refractivity contribution in [3.8, 4) is 6.07 Å². The van der Waals surface area contributed by atoms with Gasteiger partial charge in [0.1, 0.15) is 11.0 Å². The fraction of sp³-hybridized carbons (Fsp3) is 0.450. The van der Waals surface area contributed by atoms with Gasteiger partial charge < -0.3 is 0 Å². The second kappa shape index (κ2) is 8.84. The highest BCUT2D eigenvalue weighted by Crippen LogP contribution is 2.29. The van der Waals surface area contributed by atoms with Gasteiger partial charge in [0.05, 0.1) is 10.8 Å². The molecule has 1 aromatic rings. The summed E-state index contributed by atoms with van der Waals surface area (Å²) < 4.78 is 12.5. The first-order chi connectivity index (χ1) is 10.7. The molecule has 0 aliphatic rings. The lowest BCUT2D eigenvalue weighted by Gasteiger charge is -2.22. The van der Waals surface area contributed by atoms with Gasteiger partial charge in [0.2, 0.25) is 0 Å². The van der Waals surface area contributed by atoms with Crippen molar-refractivity contribution >= 4 is 10.8 Å². The van der Waals surface area contributed by atoms with Crippen LogP contribution >= 0.6 is 0 Å². The van der Waals surface area contributed by atoms with Gasteiger partial charge in [-0.15, -0.1) is 0 Å². The molecule has 0 saturated heterocycles. The summed E-state index contributed by atoms with van der Waals surface area (Å²) in [6.07, 6.45) is 6.92. The lowest BCUT2D eigenvalue weighted by molar-refractivity contribution is 0.342. The number of benzene rings is 1. The minimum absolute atomic E-state index is 0.0888. The topological polar surface area (TPSA) is 40.9 Å². The number of nitriles is 1. The van der Waals surface area contributed by atoms with Gasteiger partial charge in [-0.05, 0) is 57.6 Å². The molecule has 0 N–H and O–H groups in total. The zero-order valence-corrected chi connectivity index (χ0v) is 15.7. The van der Waals surface area contributed by atoms with Crippen LogP contribution in [0, 0.1) is 23.7 Å². The second-order valence-corrected chi connectivity index (χ2v) is 8.40. The number of allylic oxidation sites excluding steroid dienone is 4. The Hall–Kier alpha value is -1.66. The highest BCUT2D eigenvalue weighted by Gasteiger charge is 2.17. The molecule has 1 aromatic carbocycles. The third-order valence-electron chi connectivity index (χ3n) is 3.76. The molecule has 0 radical (unpaired) electrons. The molecule has 0 amide bonds. The average Bonchev–Trinajstić information content (AvgIpc) is 2.47. The average molecular weight is 330 g/mol. The van der Waals surface area contributed by atoms with Crippen molar-refractivity contribution in [2.75, 3.05) is 0 Å². The normalized spacial score (nSPS) is 13.3. The second-order valence-electron chi connectivity index (χ2n) is 6.95. The predicted molar refractivity (Wildman–Crippen MR) is 98.3 cm³/mol. The summed E-state index contributed by atoms with van der Waals surface area (Å²) in [6.45, 7) is 10.6. The van der Waals surface area contributed by atoms with Crippen molar-refractivity contribution in [2.24, 2.45) is 5.41 Å². The first-order valence-electron chi connectivity index (χ1n) is 7.97. The molecule has 124 valence electrons. The van der Waals surface area contributed by atoms with E-state index in [1.54, 1.807) is 0 Å². The minimum atomic E-state index is -1.39. The van der Waals surface area contributed by atoms with E-state index in [0.717, 1.165) is 24.8 Å². The van der Waals surface area contributed by atoms with E-state index in [1.165, 1.54) is 5.57 Å². The number of aryl methyl sites for hydroxylation is 1. The minimum Gasteiger partial charge on any atom is -0.248 e. The van der Waals surface area contributed by atoms with Crippen LogP contribution in [0.15, 0.2) is 51.8 Å². The Kier molecular flexibility index (Phi) is 7.45. The van der Waals surface area contributed by atoms with Crippen LogP contribution in [0.2, 0.25) is 0 Å². The van der Waals surface area contributed by atoms with Crippen LogP contribution in [-0.2, 0) is 10.8 Å². The van der Waals surface area contributed by atoms with Crippen LogP contribution in [0.3, 0.4) is 0 Å². The Bertz CT molecular complexity index is 641. The summed E-state index contributed by atoms with van der Waals surface area (Å²) in [6, 6.07) is 9.62. The summed E-state index contributed by atoms with van der Waals surface area (Å²) in [5.74, 6) is 0. The zero-order valence-electron chi connectivity index (χ0n) is 14.8. The van der Waals surface area contributed by atoms with E-state index in [0.29, 0.717) is 9.80 Å². The van der Waals surface area contributed by atoms with Crippen molar-refractivity contribution in [3.63, 3.8) is 0 Å². The van der Waals surface area contributed by atoms with Crippen LogP contribution in [-0.4, -0.2) is 4.21 Å². The van der Waals surface area contributed by atoms with Gasteiger partial charge in [-0.25, -0.2) is 4.21 Å². The van der Waals surface area contributed by atoms with E-state index in [2.05, 4.69) is 39.8 Å². The summed E-state index contributed by atoms with van der Waals surface area (Å²) in [7, 11) is -1.39. The molecule has 0 saturated carbocycles. The summed E-state index contributed by atoms with van der Waals surface area (Å²) in [5, 5.41) is 9.34. The van der Waals surface area contributed by atoms with E-state index >= 15 is 0 Å². The quantitative estimate of drug-likeness (QED) is 0.477. The van der Waals surface area contributed by atoms with Gasteiger partial charge in [-0.3, -0.25) is 0 Å². The monoisotopic (exact) mass is 329 g/mol. The van der Waals surface area contributed by atoms with Crippen LogP contribution in [0.4, 0.5) is 0 Å². The highest BCUT2D eigenvalue weighted by molar-refractivity contribution is 7.89. The summed E-state index contributed by atoms with van der Waals surface area (Å²) in [4.78, 5) is 1.04. The standard InChI is InChI=1S/C20H27NOS/c1-16(2)7-6-13-20(4,5)14-12-19(15-21)23(22)18-10-8-17(3)9-11-18/h7-12H,6,13-14H2,1-5H3/b19-12+/t23-/m0/s1. The Morgan fingerprint density at radius 2 is 1.83 bits per heavy atom. The number of hydrogen-bond donors (Lipinski definition) is 0. The number of hydrogen-bond acceptors (Lipinski definition) is 2. The maximum Gasteiger partial charge on any atom is 0.117 e. The van der Waals surface area contributed by atoms with E-state index in [1.807, 2.05) is 37.3 Å². The molecule has 0 fully saturated rings. The molecule has 0 bridgehead atoms. The van der Waals surface area contributed by atoms with Gasteiger partial charge in [0.25, 0.3) is 0 Å². The predicted octanol–water partition coefficient (Wildman–Crippen LogP) is 5.67. The number of nitrogens with zero attached hydrogens (tertiary/aromatic N) is 1. The fourth-order valence-corrected chi connectivity index (χ4v) is 3.13.